The van der Waals surface area contributed by atoms with Gasteiger partial charge in [0, 0.05) is 19.7 Å². The van der Waals surface area contributed by atoms with Crippen molar-refractivity contribution in [1.82, 2.24) is 9.97 Å². The fourth-order valence-corrected chi connectivity index (χ4v) is 1.76. The van der Waals surface area contributed by atoms with Crippen LogP contribution in [0.5, 0.6) is 0 Å². The molecule has 0 bridgehead atoms. The van der Waals surface area contributed by atoms with E-state index in [4.69, 9.17) is 5.26 Å². The minimum atomic E-state index is -0.499. The van der Waals surface area contributed by atoms with Gasteiger partial charge in [-0.05, 0) is 12.0 Å². The molecule has 1 heterocycles. The fourth-order valence-electron chi connectivity index (χ4n) is 1.76. The highest BCUT2D eigenvalue weighted by molar-refractivity contribution is 5.41. The number of hydrogen-bond donors (Lipinski definition) is 1. The van der Waals surface area contributed by atoms with Crippen molar-refractivity contribution >= 4 is 5.82 Å². The third kappa shape index (κ3) is 3.42. The van der Waals surface area contributed by atoms with E-state index in [-0.39, 0.29) is 5.69 Å². The summed E-state index contributed by atoms with van der Waals surface area (Å²) >= 11 is 0. The standard InChI is InChI=1S/C14H14N4O/c1-18(8-7-11-5-3-2-4-6-11)13-9-12(10-15)16-14(19)17-13/h2-6,9H,7-8H2,1H3,(H,16,17,19). The summed E-state index contributed by atoms with van der Waals surface area (Å²) in [5.74, 6) is 0.510. The molecule has 0 atom stereocenters. The molecule has 0 aliphatic heterocycles. The van der Waals surface area contributed by atoms with E-state index in [1.807, 2.05) is 36.2 Å². The molecule has 96 valence electrons. The Morgan fingerprint density at radius 1 is 1.37 bits per heavy atom. The first-order chi connectivity index (χ1) is 9.19. The highest BCUT2D eigenvalue weighted by Crippen LogP contribution is 2.08. The fraction of sp³-hybridized carbons (Fsp3) is 0.214. The van der Waals surface area contributed by atoms with Gasteiger partial charge in [-0.2, -0.15) is 10.2 Å². The molecule has 0 fully saturated rings. The molecule has 0 amide bonds. The summed E-state index contributed by atoms with van der Waals surface area (Å²) in [4.78, 5) is 19.4. The Morgan fingerprint density at radius 2 is 2.11 bits per heavy atom. The lowest BCUT2D eigenvalue weighted by atomic mass is 10.1. The summed E-state index contributed by atoms with van der Waals surface area (Å²) in [5, 5.41) is 8.81. The quantitative estimate of drug-likeness (QED) is 0.893. The highest BCUT2D eigenvalue weighted by atomic mass is 16.1. The molecule has 0 aliphatic rings. The number of aromatic amines is 1. The van der Waals surface area contributed by atoms with Gasteiger partial charge in [0.1, 0.15) is 17.6 Å². The van der Waals surface area contributed by atoms with Crippen LogP contribution in [0.3, 0.4) is 0 Å². The molecule has 5 heteroatoms. The smallest absolute Gasteiger partial charge is 0.347 e. The van der Waals surface area contributed by atoms with E-state index in [1.54, 1.807) is 6.07 Å². The van der Waals surface area contributed by atoms with Gasteiger partial charge in [0.15, 0.2) is 0 Å². The molecule has 1 aromatic heterocycles. The van der Waals surface area contributed by atoms with E-state index < -0.39 is 5.69 Å². The largest absolute Gasteiger partial charge is 0.359 e. The molecule has 2 rings (SSSR count). The molecule has 1 aromatic carbocycles. The SMILES string of the molecule is CN(CCc1ccccc1)c1cc(C#N)[nH]c(=O)n1. The molecule has 0 unspecified atom stereocenters. The van der Waals surface area contributed by atoms with Crippen LogP contribution in [-0.2, 0) is 6.42 Å². The maximum absolute atomic E-state index is 11.3. The van der Waals surface area contributed by atoms with Gasteiger partial charge < -0.3 is 4.90 Å². The number of likely N-dealkylation sites (N-methyl/N-ethyl adjacent to an activating group) is 1. The van der Waals surface area contributed by atoms with E-state index in [9.17, 15) is 4.79 Å². The van der Waals surface area contributed by atoms with Crippen molar-refractivity contribution in [3.8, 4) is 6.07 Å². The number of nitrogens with zero attached hydrogens (tertiary/aromatic N) is 3. The second kappa shape index (κ2) is 5.83. The van der Waals surface area contributed by atoms with Crippen molar-refractivity contribution in [3.63, 3.8) is 0 Å². The third-order valence-electron chi connectivity index (χ3n) is 2.82. The van der Waals surface area contributed by atoms with E-state index in [0.29, 0.717) is 5.82 Å². The summed E-state index contributed by atoms with van der Waals surface area (Å²) in [6.07, 6.45) is 0.855. The van der Waals surface area contributed by atoms with Gasteiger partial charge in [-0.15, -0.1) is 0 Å². The predicted octanol–water partition coefficient (Wildman–Crippen LogP) is 1.32. The zero-order valence-corrected chi connectivity index (χ0v) is 10.6. The molecule has 1 N–H and O–H groups in total. The van der Waals surface area contributed by atoms with Gasteiger partial charge in [-0.1, -0.05) is 30.3 Å². The van der Waals surface area contributed by atoms with E-state index in [1.165, 1.54) is 5.56 Å². The van der Waals surface area contributed by atoms with Gasteiger partial charge in [0.2, 0.25) is 0 Å². The Kier molecular flexibility index (Phi) is 3.94. The normalized spacial score (nSPS) is 9.89. The third-order valence-corrected chi connectivity index (χ3v) is 2.82. The summed E-state index contributed by atoms with van der Waals surface area (Å²) < 4.78 is 0. The van der Waals surface area contributed by atoms with Crippen molar-refractivity contribution < 1.29 is 0 Å². The van der Waals surface area contributed by atoms with Crippen LogP contribution in [0.1, 0.15) is 11.3 Å². The van der Waals surface area contributed by atoms with Crippen LogP contribution in [0.4, 0.5) is 5.82 Å². The van der Waals surface area contributed by atoms with Crippen molar-refractivity contribution in [3.05, 3.63) is 58.1 Å². The van der Waals surface area contributed by atoms with Crippen LogP contribution in [0.25, 0.3) is 0 Å². The molecule has 19 heavy (non-hydrogen) atoms. The highest BCUT2D eigenvalue weighted by Gasteiger charge is 2.06. The molecule has 2 aromatic rings. The van der Waals surface area contributed by atoms with Crippen molar-refractivity contribution in [2.75, 3.05) is 18.5 Å². The van der Waals surface area contributed by atoms with Gasteiger partial charge in [0.05, 0.1) is 0 Å². The van der Waals surface area contributed by atoms with Gasteiger partial charge in [-0.25, -0.2) is 4.79 Å². The maximum atomic E-state index is 11.3. The first-order valence-electron chi connectivity index (χ1n) is 5.95. The number of anilines is 1. The minimum Gasteiger partial charge on any atom is -0.359 e. The molecular weight excluding hydrogens is 240 g/mol. The van der Waals surface area contributed by atoms with E-state index >= 15 is 0 Å². The van der Waals surface area contributed by atoms with Gasteiger partial charge >= 0.3 is 5.69 Å². The van der Waals surface area contributed by atoms with Crippen LogP contribution in [0.15, 0.2) is 41.2 Å². The van der Waals surface area contributed by atoms with Crippen molar-refractivity contribution in [2.24, 2.45) is 0 Å². The minimum absolute atomic E-state index is 0.224. The Morgan fingerprint density at radius 3 is 2.79 bits per heavy atom. The summed E-state index contributed by atoms with van der Waals surface area (Å²) in [5.41, 5.74) is 0.946. The Hall–Kier alpha value is -2.61. The number of nitrogens with one attached hydrogen (secondary N) is 1. The van der Waals surface area contributed by atoms with Crippen LogP contribution in [0.2, 0.25) is 0 Å². The van der Waals surface area contributed by atoms with Gasteiger partial charge in [-0.3, -0.25) is 4.98 Å². The monoisotopic (exact) mass is 254 g/mol. The summed E-state index contributed by atoms with van der Waals surface area (Å²) in [6, 6.07) is 13.6. The Labute approximate surface area is 111 Å². The first-order valence-corrected chi connectivity index (χ1v) is 5.95. The van der Waals surface area contributed by atoms with E-state index in [0.717, 1.165) is 13.0 Å². The average Bonchev–Trinajstić information content (AvgIpc) is 2.45. The topological polar surface area (TPSA) is 72.8 Å². The molecule has 0 saturated heterocycles. The average molecular weight is 254 g/mol. The summed E-state index contributed by atoms with van der Waals surface area (Å²) in [7, 11) is 1.85. The Balaban J connectivity index is 2.08. The first kappa shape index (κ1) is 12.8. The second-order valence-corrected chi connectivity index (χ2v) is 4.23. The van der Waals surface area contributed by atoms with Crippen LogP contribution in [-0.4, -0.2) is 23.6 Å². The van der Waals surface area contributed by atoms with Crippen molar-refractivity contribution in [1.29, 1.82) is 5.26 Å². The van der Waals surface area contributed by atoms with E-state index in [2.05, 4.69) is 22.1 Å². The molecule has 0 spiro atoms. The van der Waals surface area contributed by atoms with Crippen LogP contribution in [0, 0.1) is 11.3 Å². The molecule has 0 radical (unpaired) electrons. The maximum Gasteiger partial charge on any atom is 0.347 e. The Bertz CT molecular complexity index is 642. The predicted molar refractivity (Wildman–Crippen MR) is 73.0 cm³/mol. The second-order valence-electron chi connectivity index (χ2n) is 4.23. The number of benzene rings is 1. The molecule has 0 saturated carbocycles. The van der Waals surface area contributed by atoms with Gasteiger partial charge in [0.25, 0.3) is 0 Å². The van der Waals surface area contributed by atoms with Crippen LogP contribution >= 0.6 is 0 Å². The number of nitriles is 1. The lowest BCUT2D eigenvalue weighted by Crippen LogP contribution is -2.25. The lowest BCUT2D eigenvalue weighted by Gasteiger charge is -2.17. The zero-order valence-electron chi connectivity index (χ0n) is 10.6. The molecule has 0 aliphatic carbocycles. The number of H-pyrrole nitrogens is 1. The number of aromatic nitrogens is 2. The lowest BCUT2D eigenvalue weighted by molar-refractivity contribution is 0.847. The zero-order chi connectivity index (χ0) is 13.7. The van der Waals surface area contributed by atoms with Crippen molar-refractivity contribution in [2.45, 2.75) is 6.42 Å². The molecule has 5 nitrogen and oxygen atoms in total. The number of hydrogen-bond acceptors (Lipinski definition) is 4. The number of rotatable bonds is 4. The van der Waals surface area contributed by atoms with Crippen LogP contribution < -0.4 is 10.6 Å². The summed E-state index contributed by atoms with van der Waals surface area (Å²) in [6.45, 7) is 0.728. The molecular formula is C14H14N4O.